The third-order valence-electron chi connectivity index (χ3n) is 5.50. The van der Waals surface area contributed by atoms with Gasteiger partial charge in [-0.25, -0.2) is 15.0 Å². The molecule has 0 spiro atoms. The zero-order valence-electron chi connectivity index (χ0n) is 17.8. The molecule has 29 heavy (non-hydrogen) atoms. The number of aryl methyl sites for hydroxylation is 1. The molecule has 2 aromatic heterocycles. The summed E-state index contributed by atoms with van der Waals surface area (Å²) < 4.78 is 7.76. The first-order chi connectivity index (χ1) is 13.7. The zero-order valence-corrected chi connectivity index (χ0v) is 18.7. The third-order valence-corrected chi connectivity index (χ3v) is 6.97. The van der Waals surface area contributed by atoms with Gasteiger partial charge in [0.15, 0.2) is 11.9 Å². The molecule has 8 heteroatoms. The molecule has 2 N–H and O–H groups in total. The maximum Gasteiger partial charge on any atom is 0.165 e. The number of fused-ring (bicyclic) bond motifs is 1. The molecule has 7 nitrogen and oxygen atoms in total. The van der Waals surface area contributed by atoms with E-state index in [0.717, 1.165) is 31.1 Å². The summed E-state index contributed by atoms with van der Waals surface area (Å²) in [5.41, 5.74) is 3.57. The molecule has 1 saturated heterocycles. The molecular formula is C21H33N4O3P. The third kappa shape index (κ3) is 5.15. The van der Waals surface area contributed by atoms with Crippen molar-refractivity contribution in [3.63, 3.8) is 0 Å². The second-order valence-electron chi connectivity index (χ2n) is 8.58. The average Bonchev–Trinajstić information content (AvgIpc) is 3.22. The number of aliphatic hydroxyl groups is 2. The second-order valence-corrected chi connectivity index (χ2v) is 12.9. The first-order valence-corrected chi connectivity index (χ1v) is 13.3. The molecule has 2 aromatic rings. The van der Waals surface area contributed by atoms with Gasteiger partial charge in [0, 0.05) is 0 Å². The molecule has 0 saturated carbocycles. The van der Waals surface area contributed by atoms with Crippen molar-refractivity contribution >= 4 is 24.3 Å². The predicted octanol–water partition coefficient (Wildman–Crippen LogP) is 2.83. The predicted molar refractivity (Wildman–Crippen MR) is 119 cm³/mol. The molecule has 3 rings (SSSR count). The lowest BCUT2D eigenvalue weighted by molar-refractivity contribution is -0.0353. The SMILES string of the molecule is C=P(C)(C)CC[C@H]1O[C@@H](n2cnc3c(CC/C=C(/C)CC)ncnc32)[C@H](O)[C@@H]1O. The normalized spacial score (nSPS) is 25.8. The van der Waals surface area contributed by atoms with Crippen LogP contribution >= 0.6 is 6.89 Å². The van der Waals surface area contributed by atoms with Crippen molar-refractivity contribution in [3.8, 4) is 0 Å². The van der Waals surface area contributed by atoms with Gasteiger partial charge in [0.25, 0.3) is 0 Å². The van der Waals surface area contributed by atoms with Gasteiger partial charge in [-0.05, 0) is 52.1 Å². The van der Waals surface area contributed by atoms with Gasteiger partial charge >= 0.3 is 0 Å². The Balaban J connectivity index is 1.80. The van der Waals surface area contributed by atoms with E-state index in [2.05, 4.69) is 54.5 Å². The van der Waals surface area contributed by atoms with E-state index >= 15 is 0 Å². The molecule has 3 heterocycles. The maximum absolute atomic E-state index is 10.6. The van der Waals surface area contributed by atoms with Crippen molar-refractivity contribution in [3.05, 3.63) is 30.0 Å². The minimum atomic E-state index is -1.23. The topological polar surface area (TPSA) is 93.3 Å². The molecule has 4 atom stereocenters. The van der Waals surface area contributed by atoms with Gasteiger partial charge in [-0.1, -0.05) is 18.6 Å². The summed E-state index contributed by atoms with van der Waals surface area (Å²) >= 11 is 0. The van der Waals surface area contributed by atoms with Crippen molar-refractivity contribution in [1.82, 2.24) is 19.5 Å². The number of hydrogen-bond acceptors (Lipinski definition) is 6. The molecular weight excluding hydrogens is 387 g/mol. The van der Waals surface area contributed by atoms with Crippen molar-refractivity contribution in [2.24, 2.45) is 0 Å². The number of ether oxygens (including phenoxy) is 1. The van der Waals surface area contributed by atoms with Crippen LogP contribution < -0.4 is 0 Å². The summed E-state index contributed by atoms with van der Waals surface area (Å²) in [6.45, 7) is 7.35. The van der Waals surface area contributed by atoms with E-state index < -0.39 is 31.4 Å². The van der Waals surface area contributed by atoms with E-state index in [1.807, 2.05) is 0 Å². The van der Waals surface area contributed by atoms with E-state index in [1.54, 1.807) is 10.9 Å². The Labute approximate surface area is 172 Å². The molecule has 0 bridgehead atoms. The summed E-state index contributed by atoms with van der Waals surface area (Å²) in [6.07, 6.45) is 10.8. The summed E-state index contributed by atoms with van der Waals surface area (Å²) in [7, 11) is 0. The van der Waals surface area contributed by atoms with Gasteiger partial charge in [-0.15, -0.1) is 13.2 Å². The lowest BCUT2D eigenvalue weighted by Crippen LogP contribution is -2.31. The number of allylic oxidation sites excluding steroid dienone is 2. The van der Waals surface area contributed by atoms with Crippen LogP contribution in [0.15, 0.2) is 24.3 Å². The standard InChI is InChI=1S/C21H33N4O3P/c1-6-14(2)8-7-9-15-17-20(23-12-22-15)25(13-24-17)21-19(27)18(26)16(28-21)10-11-29(3,4)5/h8,12-13,16,18-19,21,26-27H,3,6-7,9-11H2,1-2,4-5H3/b14-8-/t16-,18-,19-,21-/m1/s1. The van der Waals surface area contributed by atoms with Crippen LogP contribution in [-0.4, -0.2) is 73.8 Å². The number of rotatable bonds is 8. The molecule has 1 aliphatic heterocycles. The second kappa shape index (κ2) is 9.09. The van der Waals surface area contributed by atoms with E-state index in [0.29, 0.717) is 17.6 Å². The Morgan fingerprint density at radius 3 is 2.72 bits per heavy atom. The highest BCUT2D eigenvalue weighted by atomic mass is 31.2. The summed E-state index contributed by atoms with van der Waals surface area (Å²) in [4.78, 5) is 13.3. The number of aromatic nitrogens is 4. The fraction of sp³-hybridized carbons (Fsp3) is 0.619. The fourth-order valence-electron chi connectivity index (χ4n) is 3.54. The Bertz CT molecular complexity index is 920. The molecule has 0 aromatic carbocycles. The van der Waals surface area contributed by atoms with E-state index in [9.17, 15) is 10.2 Å². The number of imidazole rings is 1. The van der Waals surface area contributed by atoms with E-state index in [1.165, 1.54) is 11.9 Å². The first kappa shape index (κ1) is 22.2. The lowest BCUT2D eigenvalue weighted by atomic mass is 10.1. The van der Waals surface area contributed by atoms with Gasteiger partial charge < -0.3 is 14.9 Å². The van der Waals surface area contributed by atoms with Crippen molar-refractivity contribution in [2.75, 3.05) is 19.5 Å². The highest BCUT2D eigenvalue weighted by Gasteiger charge is 2.44. The van der Waals surface area contributed by atoms with Crippen LogP contribution in [0.2, 0.25) is 0 Å². The van der Waals surface area contributed by atoms with Crippen LogP contribution in [0.5, 0.6) is 0 Å². The molecule has 1 aliphatic rings. The van der Waals surface area contributed by atoms with Gasteiger partial charge in [0.2, 0.25) is 0 Å². The fourth-order valence-corrected chi connectivity index (χ4v) is 4.50. The molecule has 0 amide bonds. The maximum atomic E-state index is 10.6. The minimum absolute atomic E-state index is 0.420. The highest BCUT2D eigenvalue weighted by Crippen LogP contribution is 2.39. The lowest BCUT2D eigenvalue weighted by Gasteiger charge is -2.18. The van der Waals surface area contributed by atoms with Crippen LogP contribution in [-0.2, 0) is 11.2 Å². The van der Waals surface area contributed by atoms with Gasteiger partial charge in [-0.2, -0.15) is 0 Å². The van der Waals surface area contributed by atoms with Crippen molar-refractivity contribution < 1.29 is 14.9 Å². The van der Waals surface area contributed by atoms with Crippen LogP contribution in [0.1, 0.15) is 45.0 Å². The smallest absolute Gasteiger partial charge is 0.165 e. The quantitative estimate of drug-likeness (QED) is 0.504. The average molecular weight is 420 g/mol. The first-order valence-electron chi connectivity index (χ1n) is 10.2. The molecule has 0 aliphatic carbocycles. The van der Waals surface area contributed by atoms with Gasteiger partial charge in [0.1, 0.15) is 24.1 Å². The Hall–Kier alpha value is -1.53. The summed E-state index contributed by atoms with van der Waals surface area (Å²) in [5.74, 6) is 0. The molecule has 160 valence electrons. The van der Waals surface area contributed by atoms with E-state index in [4.69, 9.17) is 4.74 Å². The Morgan fingerprint density at radius 2 is 2.03 bits per heavy atom. The summed E-state index contributed by atoms with van der Waals surface area (Å²) in [5, 5.41) is 21.1. The van der Waals surface area contributed by atoms with Crippen LogP contribution in [0.4, 0.5) is 0 Å². The summed E-state index contributed by atoms with van der Waals surface area (Å²) in [6, 6.07) is 0. The Morgan fingerprint density at radius 1 is 1.28 bits per heavy atom. The Kier molecular flexibility index (Phi) is 6.94. The van der Waals surface area contributed by atoms with Gasteiger partial charge in [0.05, 0.1) is 18.1 Å². The van der Waals surface area contributed by atoms with Crippen molar-refractivity contribution in [2.45, 2.75) is 64.1 Å². The monoisotopic (exact) mass is 420 g/mol. The van der Waals surface area contributed by atoms with Gasteiger partial charge in [-0.3, -0.25) is 4.57 Å². The molecule has 0 radical (unpaired) electrons. The van der Waals surface area contributed by atoms with Crippen LogP contribution in [0.25, 0.3) is 11.2 Å². The van der Waals surface area contributed by atoms with Crippen LogP contribution in [0, 0.1) is 0 Å². The highest BCUT2D eigenvalue weighted by molar-refractivity contribution is 7.72. The minimum Gasteiger partial charge on any atom is -0.388 e. The zero-order chi connectivity index (χ0) is 21.2. The number of nitrogens with zero attached hydrogens (tertiary/aromatic N) is 4. The van der Waals surface area contributed by atoms with Crippen LogP contribution in [0.3, 0.4) is 0 Å². The van der Waals surface area contributed by atoms with E-state index in [-0.39, 0.29) is 0 Å². The number of aliphatic hydroxyl groups excluding tert-OH is 2. The van der Waals surface area contributed by atoms with Crippen molar-refractivity contribution in [1.29, 1.82) is 0 Å². The molecule has 1 fully saturated rings. The molecule has 0 unspecified atom stereocenters. The largest absolute Gasteiger partial charge is 0.388 e. The number of hydrogen-bond donors (Lipinski definition) is 2.